The third-order valence-electron chi connectivity index (χ3n) is 4.99. The van der Waals surface area contributed by atoms with Gasteiger partial charge in [-0.05, 0) is 36.2 Å². The number of H-pyrrole nitrogens is 1. The molecule has 2 atom stereocenters. The molecule has 3 rings (SSSR count). The zero-order valence-electron chi connectivity index (χ0n) is 15.8. The molecule has 0 bridgehead atoms. The number of hydrogen-bond acceptors (Lipinski definition) is 5. The highest BCUT2D eigenvalue weighted by Crippen LogP contribution is 2.23. The predicted molar refractivity (Wildman–Crippen MR) is 106 cm³/mol. The van der Waals surface area contributed by atoms with Crippen LogP contribution in [0.3, 0.4) is 0 Å². The van der Waals surface area contributed by atoms with Gasteiger partial charge >= 0.3 is 6.03 Å². The summed E-state index contributed by atoms with van der Waals surface area (Å²) in [6.45, 7) is 3.04. The van der Waals surface area contributed by atoms with Crippen LogP contribution >= 0.6 is 0 Å². The lowest BCUT2D eigenvalue weighted by atomic mass is 10.1. The highest BCUT2D eigenvalue weighted by molar-refractivity contribution is 5.89. The zero-order chi connectivity index (χ0) is 20.1. The Labute approximate surface area is 163 Å². The van der Waals surface area contributed by atoms with E-state index in [0.717, 1.165) is 16.8 Å². The number of carbonyl (C=O) groups excluding carboxylic acids is 2. The van der Waals surface area contributed by atoms with Crippen molar-refractivity contribution in [3.05, 3.63) is 42.7 Å². The van der Waals surface area contributed by atoms with Crippen LogP contribution in [-0.2, 0) is 4.79 Å². The summed E-state index contributed by atoms with van der Waals surface area (Å²) in [7, 11) is 0. The van der Waals surface area contributed by atoms with Crippen molar-refractivity contribution in [2.75, 3.05) is 37.7 Å². The summed E-state index contributed by atoms with van der Waals surface area (Å²) >= 11 is 0. The number of aliphatic hydroxyl groups excluding tert-OH is 2. The van der Waals surface area contributed by atoms with E-state index < -0.39 is 30.6 Å². The number of nitrogens with one attached hydrogen (secondary N) is 2. The minimum absolute atomic E-state index is 0.407. The second-order valence-corrected chi connectivity index (χ2v) is 6.91. The SMILES string of the molecule is C[C@@H](O)[C@H](NC(=O)N1CCN(c2ccc(-c3cc[nH]c3)cc2)CC1)C(=O)CO. The molecule has 1 aromatic heterocycles. The number of aromatic nitrogens is 1. The number of aromatic amines is 1. The van der Waals surface area contributed by atoms with Crippen LogP contribution in [0, 0.1) is 0 Å². The zero-order valence-corrected chi connectivity index (χ0v) is 15.8. The largest absolute Gasteiger partial charge is 0.391 e. The number of hydrogen-bond donors (Lipinski definition) is 4. The number of anilines is 1. The van der Waals surface area contributed by atoms with E-state index in [-0.39, 0.29) is 0 Å². The van der Waals surface area contributed by atoms with Crippen LogP contribution in [-0.4, -0.2) is 76.8 Å². The van der Waals surface area contributed by atoms with E-state index in [1.807, 2.05) is 18.5 Å². The summed E-state index contributed by atoms with van der Waals surface area (Å²) in [5, 5.41) is 21.2. The van der Waals surface area contributed by atoms with Crippen LogP contribution < -0.4 is 10.2 Å². The van der Waals surface area contributed by atoms with Crippen LogP contribution in [0.4, 0.5) is 10.5 Å². The Morgan fingerprint density at radius 3 is 2.32 bits per heavy atom. The highest BCUT2D eigenvalue weighted by atomic mass is 16.3. The smallest absolute Gasteiger partial charge is 0.318 e. The average molecular weight is 386 g/mol. The summed E-state index contributed by atoms with van der Waals surface area (Å²) in [6.07, 6.45) is 2.78. The van der Waals surface area contributed by atoms with Gasteiger partial charge in [0.2, 0.25) is 0 Å². The Morgan fingerprint density at radius 1 is 1.11 bits per heavy atom. The van der Waals surface area contributed by atoms with Gasteiger partial charge in [-0.2, -0.15) is 0 Å². The summed E-state index contributed by atoms with van der Waals surface area (Å²) in [6, 6.07) is 8.81. The molecular weight excluding hydrogens is 360 g/mol. The van der Waals surface area contributed by atoms with Crippen LogP contribution in [0.15, 0.2) is 42.7 Å². The van der Waals surface area contributed by atoms with Crippen molar-refractivity contribution in [2.45, 2.75) is 19.1 Å². The molecule has 0 spiro atoms. The van der Waals surface area contributed by atoms with Crippen molar-refractivity contribution in [3.8, 4) is 11.1 Å². The summed E-state index contributed by atoms with van der Waals surface area (Å²) in [5.74, 6) is -0.607. The number of benzene rings is 1. The van der Waals surface area contributed by atoms with Gasteiger partial charge in [0, 0.05) is 44.3 Å². The first-order valence-corrected chi connectivity index (χ1v) is 9.35. The van der Waals surface area contributed by atoms with Gasteiger partial charge in [0.15, 0.2) is 5.78 Å². The maximum absolute atomic E-state index is 12.4. The first-order chi connectivity index (χ1) is 13.5. The van der Waals surface area contributed by atoms with E-state index in [1.54, 1.807) is 4.90 Å². The lowest BCUT2D eigenvalue weighted by Crippen LogP contribution is -2.57. The molecule has 4 N–H and O–H groups in total. The van der Waals surface area contributed by atoms with Crippen LogP contribution in [0.5, 0.6) is 0 Å². The second kappa shape index (κ2) is 8.90. The molecule has 0 unspecified atom stereocenters. The van der Waals surface area contributed by atoms with Gasteiger partial charge in [0.05, 0.1) is 6.10 Å². The van der Waals surface area contributed by atoms with E-state index >= 15 is 0 Å². The van der Waals surface area contributed by atoms with Gasteiger partial charge in [-0.15, -0.1) is 0 Å². The fourth-order valence-electron chi connectivity index (χ4n) is 3.33. The quantitative estimate of drug-likeness (QED) is 0.588. The number of rotatable bonds is 6. The number of carbonyl (C=O) groups is 2. The van der Waals surface area contributed by atoms with Gasteiger partial charge in [0.25, 0.3) is 0 Å². The van der Waals surface area contributed by atoms with E-state index in [2.05, 4.69) is 39.5 Å². The molecule has 1 aliphatic heterocycles. The van der Waals surface area contributed by atoms with Gasteiger partial charge in [-0.3, -0.25) is 4.79 Å². The van der Waals surface area contributed by atoms with Crippen LogP contribution in [0.25, 0.3) is 11.1 Å². The molecule has 1 fully saturated rings. The van der Waals surface area contributed by atoms with E-state index in [0.29, 0.717) is 26.2 Å². The molecule has 8 heteroatoms. The van der Waals surface area contributed by atoms with Gasteiger partial charge in [-0.25, -0.2) is 4.79 Å². The van der Waals surface area contributed by atoms with E-state index in [9.17, 15) is 14.7 Å². The monoisotopic (exact) mass is 386 g/mol. The Balaban J connectivity index is 1.55. The summed E-state index contributed by atoms with van der Waals surface area (Å²) in [5.41, 5.74) is 3.37. The molecule has 28 heavy (non-hydrogen) atoms. The number of aliphatic hydroxyl groups is 2. The lowest BCUT2D eigenvalue weighted by Gasteiger charge is -2.37. The molecule has 2 heterocycles. The number of nitrogens with zero attached hydrogens (tertiary/aromatic N) is 2. The van der Waals surface area contributed by atoms with Gasteiger partial charge in [-0.1, -0.05) is 12.1 Å². The summed E-state index contributed by atoms with van der Waals surface area (Å²) < 4.78 is 0. The molecule has 0 saturated carbocycles. The number of Topliss-reactive ketones (excluding diaryl/α,β-unsaturated/α-hetero) is 1. The molecule has 1 aromatic carbocycles. The highest BCUT2D eigenvalue weighted by Gasteiger charge is 2.28. The van der Waals surface area contributed by atoms with E-state index in [4.69, 9.17) is 5.11 Å². The predicted octanol–water partition coefficient (Wildman–Crippen LogP) is 0.824. The van der Waals surface area contributed by atoms with Crippen molar-refractivity contribution in [1.29, 1.82) is 0 Å². The minimum Gasteiger partial charge on any atom is -0.391 e. The van der Waals surface area contributed by atoms with Gasteiger partial charge < -0.3 is 30.3 Å². The Morgan fingerprint density at radius 2 is 1.79 bits per heavy atom. The van der Waals surface area contributed by atoms with Crippen molar-refractivity contribution in [2.24, 2.45) is 0 Å². The Bertz CT molecular complexity index is 781. The third-order valence-corrected chi connectivity index (χ3v) is 4.99. The molecule has 0 aliphatic carbocycles. The molecule has 150 valence electrons. The number of piperazine rings is 1. The fourth-order valence-corrected chi connectivity index (χ4v) is 3.33. The van der Waals surface area contributed by atoms with Crippen molar-refractivity contribution in [3.63, 3.8) is 0 Å². The molecule has 2 aromatic rings. The number of amides is 2. The van der Waals surface area contributed by atoms with Crippen LogP contribution in [0.2, 0.25) is 0 Å². The fraction of sp³-hybridized carbons (Fsp3) is 0.400. The molecule has 8 nitrogen and oxygen atoms in total. The Kier molecular flexibility index (Phi) is 6.33. The lowest BCUT2D eigenvalue weighted by molar-refractivity contribution is -0.125. The number of urea groups is 1. The molecular formula is C20H26N4O4. The van der Waals surface area contributed by atoms with Crippen molar-refractivity contribution < 1.29 is 19.8 Å². The average Bonchev–Trinajstić information content (AvgIpc) is 3.26. The van der Waals surface area contributed by atoms with Gasteiger partial charge in [0.1, 0.15) is 12.6 Å². The minimum atomic E-state index is -1.10. The molecule has 2 amide bonds. The van der Waals surface area contributed by atoms with Crippen LogP contribution in [0.1, 0.15) is 6.92 Å². The third kappa shape index (κ3) is 4.52. The van der Waals surface area contributed by atoms with Crippen molar-refractivity contribution >= 4 is 17.5 Å². The standard InChI is InChI=1S/C20H26N4O4/c1-14(26)19(18(27)13-25)22-20(28)24-10-8-23(9-11-24)17-4-2-15(3-5-17)16-6-7-21-12-16/h2-7,12,14,19,21,25-26H,8-11,13H2,1H3,(H,22,28)/t14-,19+/m1/s1. The maximum atomic E-state index is 12.4. The normalized spacial score (nSPS) is 16.5. The Hall–Kier alpha value is -2.84. The maximum Gasteiger partial charge on any atom is 0.318 e. The van der Waals surface area contributed by atoms with E-state index in [1.165, 1.54) is 6.92 Å². The first kappa shape index (κ1) is 19.9. The second-order valence-electron chi connectivity index (χ2n) is 6.91. The topological polar surface area (TPSA) is 109 Å². The molecule has 1 saturated heterocycles. The first-order valence-electron chi connectivity index (χ1n) is 9.35. The summed E-state index contributed by atoms with van der Waals surface area (Å²) in [4.78, 5) is 30.9. The number of ketones is 1. The molecule has 0 radical (unpaired) electrons. The van der Waals surface area contributed by atoms with Crippen molar-refractivity contribution in [1.82, 2.24) is 15.2 Å². The molecule has 1 aliphatic rings.